The van der Waals surface area contributed by atoms with Crippen molar-refractivity contribution < 1.29 is 4.39 Å². The minimum Gasteiger partial charge on any atom is -0.370 e. The Morgan fingerprint density at radius 2 is 2.31 bits per heavy atom. The lowest BCUT2D eigenvalue weighted by molar-refractivity contribution is 0.197. The minimum absolute atomic E-state index is 0.233. The molecule has 0 bridgehead atoms. The molecule has 0 rings (SSSR count). The standard InChI is InChI=1S/C9H18FN3/c1-3-5-6-7-13(9(11)12)8(10)4-2/h4,8H,2-3,5-7H2,1H3,(H3,11,12). The molecular weight excluding hydrogens is 169 g/mol. The number of guanidine groups is 1. The molecule has 13 heavy (non-hydrogen) atoms. The molecular formula is C9H18FN3. The summed E-state index contributed by atoms with van der Waals surface area (Å²) >= 11 is 0. The topological polar surface area (TPSA) is 53.1 Å². The highest BCUT2D eigenvalue weighted by molar-refractivity contribution is 5.74. The van der Waals surface area contributed by atoms with Gasteiger partial charge in [0.05, 0.1) is 0 Å². The predicted molar refractivity (Wildman–Crippen MR) is 53.2 cm³/mol. The average Bonchev–Trinajstić information content (AvgIpc) is 2.11. The first-order valence-electron chi connectivity index (χ1n) is 4.50. The summed E-state index contributed by atoms with van der Waals surface area (Å²) in [6.45, 7) is 5.87. The second-order valence-electron chi connectivity index (χ2n) is 2.89. The summed E-state index contributed by atoms with van der Waals surface area (Å²) < 4.78 is 13.1. The zero-order valence-corrected chi connectivity index (χ0v) is 8.09. The number of unbranched alkanes of at least 4 members (excludes halogenated alkanes) is 2. The Labute approximate surface area is 78.9 Å². The molecule has 0 saturated carbocycles. The summed E-state index contributed by atoms with van der Waals surface area (Å²) in [5.74, 6) is -0.233. The zero-order valence-electron chi connectivity index (χ0n) is 8.09. The Hall–Kier alpha value is -1.06. The van der Waals surface area contributed by atoms with Gasteiger partial charge < -0.3 is 10.6 Å². The van der Waals surface area contributed by atoms with Gasteiger partial charge in [0.2, 0.25) is 0 Å². The third-order valence-electron chi connectivity index (χ3n) is 1.80. The van der Waals surface area contributed by atoms with Crippen LogP contribution in [-0.4, -0.2) is 23.7 Å². The highest BCUT2D eigenvalue weighted by Crippen LogP contribution is 2.05. The van der Waals surface area contributed by atoms with Crippen molar-refractivity contribution in [3.63, 3.8) is 0 Å². The van der Waals surface area contributed by atoms with E-state index in [1.54, 1.807) is 0 Å². The van der Waals surface area contributed by atoms with Gasteiger partial charge in [-0.1, -0.05) is 26.3 Å². The van der Waals surface area contributed by atoms with Crippen LogP contribution >= 0.6 is 0 Å². The van der Waals surface area contributed by atoms with E-state index < -0.39 is 6.30 Å². The van der Waals surface area contributed by atoms with Crippen molar-refractivity contribution in [3.8, 4) is 0 Å². The van der Waals surface area contributed by atoms with Gasteiger partial charge in [0.15, 0.2) is 12.3 Å². The number of nitrogens with zero attached hydrogens (tertiary/aromatic N) is 1. The Bertz CT molecular complexity index is 170. The maximum absolute atomic E-state index is 13.1. The summed E-state index contributed by atoms with van der Waals surface area (Å²) in [5, 5.41) is 7.14. The smallest absolute Gasteiger partial charge is 0.193 e. The van der Waals surface area contributed by atoms with E-state index in [1.165, 1.54) is 4.90 Å². The molecule has 0 aliphatic rings. The van der Waals surface area contributed by atoms with Gasteiger partial charge in [0, 0.05) is 6.54 Å². The predicted octanol–water partition coefficient (Wildman–Crippen LogP) is 1.85. The Morgan fingerprint density at radius 1 is 1.69 bits per heavy atom. The number of hydrogen-bond acceptors (Lipinski definition) is 1. The van der Waals surface area contributed by atoms with Crippen molar-refractivity contribution in [2.75, 3.05) is 6.54 Å². The normalized spacial score (nSPS) is 12.2. The molecule has 1 unspecified atom stereocenters. The minimum atomic E-state index is -1.34. The first-order chi connectivity index (χ1) is 6.13. The summed E-state index contributed by atoms with van der Waals surface area (Å²) in [6.07, 6.45) is 2.75. The third kappa shape index (κ3) is 4.50. The van der Waals surface area contributed by atoms with E-state index >= 15 is 0 Å². The van der Waals surface area contributed by atoms with Gasteiger partial charge in [0.1, 0.15) is 0 Å². The largest absolute Gasteiger partial charge is 0.370 e. The Kier molecular flexibility index (Phi) is 5.93. The van der Waals surface area contributed by atoms with Crippen LogP contribution in [0.5, 0.6) is 0 Å². The summed E-state index contributed by atoms with van der Waals surface area (Å²) in [7, 11) is 0. The molecule has 0 radical (unpaired) electrons. The fraction of sp³-hybridized carbons (Fsp3) is 0.667. The third-order valence-corrected chi connectivity index (χ3v) is 1.80. The van der Waals surface area contributed by atoms with Crippen LogP contribution in [0.3, 0.4) is 0 Å². The molecule has 0 fully saturated rings. The molecule has 0 amide bonds. The lowest BCUT2D eigenvalue weighted by Crippen LogP contribution is -2.41. The van der Waals surface area contributed by atoms with Crippen molar-refractivity contribution in [1.29, 1.82) is 5.41 Å². The molecule has 1 atom stereocenters. The molecule has 76 valence electrons. The number of nitrogens with two attached hydrogens (primary N) is 1. The first kappa shape index (κ1) is 11.9. The number of nitrogens with one attached hydrogen (secondary N) is 1. The quantitative estimate of drug-likeness (QED) is 0.219. The average molecular weight is 187 g/mol. The fourth-order valence-corrected chi connectivity index (χ4v) is 1.04. The highest BCUT2D eigenvalue weighted by Gasteiger charge is 2.14. The lowest BCUT2D eigenvalue weighted by Gasteiger charge is -2.24. The van der Waals surface area contributed by atoms with Gasteiger partial charge in [0.25, 0.3) is 0 Å². The monoisotopic (exact) mass is 187 g/mol. The van der Waals surface area contributed by atoms with E-state index in [4.69, 9.17) is 11.1 Å². The molecule has 0 heterocycles. The SMILES string of the molecule is C=CC(F)N(CCCCC)C(=N)N. The van der Waals surface area contributed by atoms with Crippen molar-refractivity contribution >= 4 is 5.96 Å². The van der Waals surface area contributed by atoms with Crippen molar-refractivity contribution in [3.05, 3.63) is 12.7 Å². The van der Waals surface area contributed by atoms with Crippen LogP contribution in [0.4, 0.5) is 4.39 Å². The molecule has 0 aromatic carbocycles. The molecule has 3 nitrogen and oxygen atoms in total. The van der Waals surface area contributed by atoms with Crippen molar-refractivity contribution in [1.82, 2.24) is 4.90 Å². The van der Waals surface area contributed by atoms with E-state index in [0.29, 0.717) is 6.54 Å². The number of halogens is 1. The first-order valence-corrected chi connectivity index (χ1v) is 4.50. The molecule has 0 spiro atoms. The van der Waals surface area contributed by atoms with Crippen molar-refractivity contribution in [2.45, 2.75) is 32.5 Å². The van der Waals surface area contributed by atoms with E-state index in [2.05, 4.69) is 13.5 Å². The lowest BCUT2D eigenvalue weighted by atomic mass is 10.2. The molecule has 4 heteroatoms. The molecule has 0 aliphatic heterocycles. The fourth-order valence-electron chi connectivity index (χ4n) is 1.04. The zero-order chi connectivity index (χ0) is 10.3. The summed E-state index contributed by atoms with van der Waals surface area (Å²) in [6, 6.07) is 0. The second-order valence-corrected chi connectivity index (χ2v) is 2.89. The Balaban J connectivity index is 3.95. The number of hydrogen-bond donors (Lipinski definition) is 2. The molecule has 0 aromatic heterocycles. The van der Waals surface area contributed by atoms with E-state index in [1.807, 2.05) is 0 Å². The van der Waals surface area contributed by atoms with Crippen LogP contribution in [0.15, 0.2) is 12.7 Å². The highest BCUT2D eigenvalue weighted by atomic mass is 19.1. The van der Waals surface area contributed by atoms with Crippen LogP contribution in [0.25, 0.3) is 0 Å². The second kappa shape index (κ2) is 6.46. The van der Waals surface area contributed by atoms with Crippen LogP contribution < -0.4 is 5.73 Å². The van der Waals surface area contributed by atoms with Crippen LogP contribution in [0, 0.1) is 5.41 Å². The van der Waals surface area contributed by atoms with Gasteiger partial charge >= 0.3 is 0 Å². The van der Waals surface area contributed by atoms with Crippen LogP contribution in [0.1, 0.15) is 26.2 Å². The maximum atomic E-state index is 13.1. The van der Waals surface area contributed by atoms with Crippen LogP contribution in [-0.2, 0) is 0 Å². The van der Waals surface area contributed by atoms with Gasteiger partial charge in [-0.05, 0) is 12.5 Å². The summed E-state index contributed by atoms with van der Waals surface area (Å²) in [4.78, 5) is 1.20. The molecule has 0 aliphatic carbocycles. The van der Waals surface area contributed by atoms with Gasteiger partial charge in [-0.15, -0.1) is 0 Å². The van der Waals surface area contributed by atoms with Gasteiger partial charge in [-0.25, -0.2) is 4.39 Å². The Morgan fingerprint density at radius 3 is 2.69 bits per heavy atom. The van der Waals surface area contributed by atoms with Crippen LogP contribution in [0.2, 0.25) is 0 Å². The van der Waals surface area contributed by atoms with E-state index in [0.717, 1.165) is 25.3 Å². The molecule has 0 saturated heterocycles. The maximum Gasteiger partial charge on any atom is 0.193 e. The molecule has 0 aromatic rings. The number of alkyl halides is 1. The molecule has 3 N–H and O–H groups in total. The number of rotatable bonds is 6. The van der Waals surface area contributed by atoms with E-state index in [9.17, 15) is 4.39 Å². The summed E-state index contributed by atoms with van der Waals surface area (Å²) in [5.41, 5.74) is 5.22. The van der Waals surface area contributed by atoms with Gasteiger partial charge in [-0.2, -0.15) is 0 Å². The van der Waals surface area contributed by atoms with Gasteiger partial charge in [-0.3, -0.25) is 5.41 Å². The van der Waals surface area contributed by atoms with E-state index in [-0.39, 0.29) is 5.96 Å². The van der Waals surface area contributed by atoms with Crippen molar-refractivity contribution in [2.24, 2.45) is 5.73 Å².